The summed E-state index contributed by atoms with van der Waals surface area (Å²) in [6, 6.07) is 9.60. The number of likely N-dealkylation sites (tertiary alicyclic amines) is 1. The molecule has 0 saturated carbocycles. The first-order chi connectivity index (χ1) is 17.2. The van der Waals surface area contributed by atoms with E-state index in [4.69, 9.17) is 11.6 Å². The standard InChI is InChI=1S/C25H24ClF3N4O3/c26-20-15-17(8-9-18(20)19-5-1-2-7-22(19)36-25(27,28)29)31-24(35)21-6-3-4-12-33(21)23(34)10-13-32-14-11-30-16-32/h1-2,5,7-9,11,14-16,21H,3-4,6,10,12-13H2,(H,31,35)/t21-/m1/s1. The van der Waals surface area contributed by atoms with Crippen molar-refractivity contribution in [1.29, 1.82) is 0 Å². The number of anilines is 1. The second-order valence-electron chi connectivity index (χ2n) is 8.38. The summed E-state index contributed by atoms with van der Waals surface area (Å²) < 4.78 is 44.3. The van der Waals surface area contributed by atoms with Crippen LogP contribution < -0.4 is 10.1 Å². The zero-order valence-electron chi connectivity index (χ0n) is 19.2. The lowest BCUT2D eigenvalue weighted by Crippen LogP contribution is -2.50. The van der Waals surface area contributed by atoms with Gasteiger partial charge in [-0.1, -0.05) is 35.9 Å². The predicted octanol–water partition coefficient (Wildman–Crippen LogP) is 5.51. The Bertz CT molecular complexity index is 1220. The molecule has 0 unspecified atom stereocenters. The zero-order chi connectivity index (χ0) is 25.7. The highest BCUT2D eigenvalue weighted by molar-refractivity contribution is 6.33. The zero-order valence-corrected chi connectivity index (χ0v) is 19.9. The van der Waals surface area contributed by atoms with Crippen molar-refractivity contribution in [3.8, 4) is 16.9 Å². The molecule has 0 bridgehead atoms. The molecule has 36 heavy (non-hydrogen) atoms. The average Bonchev–Trinajstić information content (AvgIpc) is 3.36. The molecule has 0 spiro atoms. The highest BCUT2D eigenvalue weighted by atomic mass is 35.5. The van der Waals surface area contributed by atoms with Crippen molar-refractivity contribution >= 4 is 29.1 Å². The number of para-hydroxylation sites is 1. The maximum Gasteiger partial charge on any atom is 0.573 e. The summed E-state index contributed by atoms with van der Waals surface area (Å²) in [5.41, 5.74) is 0.863. The Morgan fingerprint density at radius 1 is 1.14 bits per heavy atom. The number of carbonyl (C=O) groups excluding carboxylic acids is 2. The first kappa shape index (κ1) is 25.6. The summed E-state index contributed by atoms with van der Waals surface area (Å²) >= 11 is 6.39. The van der Waals surface area contributed by atoms with Crippen LogP contribution in [0.25, 0.3) is 11.1 Å². The maximum absolute atomic E-state index is 13.1. The van der Waals surface area contributed by atoms with Gasteiger partial charge in [-0.05, 0) is 37.5 Å². The minimum absolute atomic E-state index is 0.113. The van der Waals surface area contributed by atoms with E-state index in [-0.39, 0.29) is 34.6 Å². The Kier molecular flexibility index (Phi) is 7.83. The average molecular weight is 521 g/mol. The lowest BCUT2D eigenvalue weighted by atomic mass is 10.0. The van der Waals surface area contributed by atoms with Crippen LogP contribution in [0.15, 0.2) is 61.2 Å². The van der Waals surface area contributed by atoms with Crippen molar-refractivity contribution in [3.63, 3.8) is 0 Å². The molecule has 1 aliphatic heterocycles. The number of ether oxygens (including phenoxy) is 1. The molecule has 190 valence electrons. The summed E-state index contributed by atoms with van der Waals surface area (Å²) in [6.07, 6.45) is 2.62. The normalized spacial score (nSPS) is 16.0. The number of imidazole rings is 1. The van der Waals surface area contributed by atoms with Crippen molar-refractivity contribution in [2.75, 3.05) is 11.9 Å². The van der Waals surface area contributed by atoms with Crippen molar-refractivity contribution in [1.82, 2.24) is 14.5 Å². The second-order valence-corrected chi connectivity index (χ2v) is 8.78. The van der Waals surface area contributed by atoms with E-state index in [1.165, 1.54) is 30.3 Å². The van der Waals surface area contributed by atoms with E-state index in [1.54, 1.807) is 40.3 Å². The van der Waals surface area contributed by atoms with Gasteiger partial charge in [0.15, 0.2) is 0 Å². The third-order valence-electron chi connectivity index (χ3n) is 5.91. The Morgan fingerprint density at radius 2 is 1.94 bits per heavy atom. The number of hydrogen-bond donors (Lipinski definition) is 1. The molecule has 4 rings (SSSR count). The van der Waals surface area contributed by atoms with Gasteiger partial charge in [0.05, 0.1) is 11.3 Å². The third-order valence-corrected chi connectivity index (χ3v) is 6.22. The van der Waals surface area contributed by atoms with E-state index in [2.05, 4.69) is 15.0 Å². The number of benzene rings is 2. The van der Waals surface area contributed by atoms with Gasteiger partial charge in [-0.25, -0.2) is 4.98 Å². The van der Waals surface area contributed by atoms with E-state index < -0.39 is 12.4 Å². The van der Waals surface area contributed by atoms with Crippen LogP contribution in [-0.2, 0) is 16.1 Å². The molecular formula is C25H24ClF3N4O3. The van der Waals surface area contributed by atoms with E-state index in [1.807, 2.05) is 0 Å². The quantitative estimate of drug-likeness (QED) is 0.445. The molecule has 1 aliphatic rings. The molecule has 1 N–H and O–H groups in total. The summed E-state index contributed by atoms with van der Waals surface area (Å²) in [7, 11) is 0. The van der Waals surface area contributed by atoms with Gasteiger partial charge in [-0.15, -0.1) is 13.2 Å². The molecule has 11 heteroatoms. The van der Waals surface area contributed by atoms with Crippen LogP contribution in [0.1, 0.15) is 25.7 Å². The van der Waals surface area contributed by atoms with Gasteiger partial charge in [-0.3, -0.25) is 9.59 Å². The molecule has 2 heterocycles. The molecular weight excluding hydrogens is 497 g/mol. The van der Waals surface area contributed by atoms with Crippen LogP contribution in [0.4, 0.5) is 18.9 Å². The van der Waals surface area contributed by atoms with Gasteiger partial charge in [0.2, 0.25) is 11.8 Å². The van der Waals surface area contributed by atoms with E-state index >= 15 is 0 Å². The molecule has 1 fully saturated rings. The van der Waals surface area contributed by atoms with Gasteiger partial charge in [0, 0.05) is 48.7 Å². The Hall–Kier alpha value is -3.53. The van der Waals surface area contributed by atoms with Crippen molar-refractivity contribution < 1.29 is 27.5 Å². The Morgan fingerprint density at radius 3 is 2.67 bits per heavy atom. The van der Waals surface area contributed by atoms with E-state index in [0.717, 1.165) is 12.8 Å². The van der Waals surface area contributed by atoms with Gasteiger partial charge < -0.3 is 19.5 Å². The fraction of sp³-hybridized carbons (Fsp3) is 0.320. The predicted molar refractivity (Wildman–Crippen MR) is 128 cm³/mol. The number of amides is 2. The number of halogens is 4. The lowest BCUT2D eigenvalue weighted by Gasteiger charge is -2.35. The summed E-state index contributed by atoms with van der Waals surface area (Å²) in [5, 5.41) is 2.94. The number of hydrogen-bond acceptors (Lipinski definition) is 4. The van der Waals surface area contributed by atoms with Crippen molar-refractivity contribution in [3.05, 3.63) is 66.2 Å². The maximum atomic E-state index is 13.1. The van der Waals surface area contributed by atoms with Crippen LogP contribution in [0.2, 0.25) is 5.02 Å². The lowest BCUT2D eigenvalue weighted by molar-refractivity contribution is -0.274. The number of alkyl halides is 3. The Balaban J connectivity index is 1.46. The number of aromatic nitrogens is 2. The van der Waals surface area contributed by atoms with Crippen LogP contribution >= 0.6 is 11.6 Å². The molecule has 7 nitrogen and oxygen atoms in total. The topological polar surface area (TPSA) is 76.5 Å². The highest BCUT2D eigenvalue weighted by Crippen LogP contribution is 2.38. The minimum Gasteiger partial charge on any atom is -0.405 e. The van der Waals surface area contributed by atoms with Crippen LogP contribution in [0.5, 0.6) is 5.75 Å². The molecule has 2 amide bonds. The number of carbonyl (C=O) groups is 2. The first-order valence-electron chi connectivity index (χ1n) is 11.4. The van der Waals surface area contributed by atoms with Crippen LogP contribution in [0, 0.1) is 0 Å². The largest absolute Gasteiger partial charge is 0.573 e. The minimum atomic E-state index is -4.85. The first-order valence-corrected chi connectivity index (χ1v) is 11.8. The fourth-order valence-corrected chi connectivity index (χ4v) is 4.51. The van der Waals surface area contributed by atoms with Crippen molar-refractivity contribution in [2.24, 2.45) is 0 Å². The Labute approximate surface area is 210 Å². The number of nitrogens with one attached hydrogen (secondary N) is 1. The summed E-state index contributed by atoms with van der Waals surface area (Å²) in [4.78, 5) is 31.5. The molecule has 0 aliphatic carbocycles. The van der Waals surface area contributed by atoms with Crippen LogP contribution in [-0.4, -0.2) is 45.2 Å². The van der Waals surface area contributed by atoms with Gasteiger partial charge in [0.1, 0.15) is 11.8 Å². The number of aryl methyl sites for hydroxylation is 1. The van der Waals surface area contributed by atoms with Gasteiger partial charge >= 0.3 is 6.36 Å². The molecule has 1 aromatic heterocycles. The summed E-state index contributed by atoms with van der Waals surface area (Å²) in [5.74, 6) is -0.829. The SMILES string of the molecule is O=C(Nc1ccc(-c2ccccc2OC(F)(F)F)c(Cl)c1)[C@H]1CCCCN1C(=O)CCn1ccnc1. The van der Waals surface area contributed by atoms with Gasteiger partial charge in [-0.2, -0.15) is 0 Å². The smallest absolute Gasteiger partial charge is 0.405 e. The molecule has 0 radical (unpaired) electrons. The molecule has 2 aromatic carbocycles. The molecule has 1 saturated heterocycles. The van der Waals surface area contributed by atoms with Crippen molar-refractivity contribution in [2.45, 2.75) is 44.6 Å². The monoisotopic (exact) mass is 520 g/mol. The highest BCUT2D eigenvalue weighted by Gasteiger charge is 2.33. The third kappa shape index (κ3) is 6.37. The molecule has 1 atom stereocenters. The number of rotatable bonds is 7. The van der Waals surface area contributed by atoms with Gasteiger partial charge in [0.25, 0.3) is 0 Å². The molecule has 3 aromatic rings. The fourth-order valence-electron chi connectivity index (χ4n) is 4.23. The summed E-state index contributed by atoms with van der Waals surface area (Å²) in [6.45, 7) is 0.969. The number of nitrogens with zero attached hydrogens (tertiary/aromatic N) is 3. The van der Waals surface area contributed by atoms with E-state index in [9.17, 15) is 22.8 Å². The van der Waals surface area contributed by atoms with Crippen LogP contribution in [0.3, 0.4) is 0 Å². The second kappa shape index (κ2) is 11.0. The number of piperidine rings is 1. The van der Waals surface area contributed by atoms with E-state index in [0.29, 0.717) is 30.8 Å².